The van der Waals surface area contributed by atoms with Gasteiger partial charge in [0.25, 0.3) is 5.69 Å². The van der Waals surface area contributed by atoms with Gasteiger partial charge in [0.05, 0.1) is 11.0 Å². The molecule has 2 rings (SSSR count). The minimum atomic E-state index is -0.468. The molecule has 0 bridgehead atoms. The number of rotatable bonds is 9. The Labute approximate surface area is 147 Å². The number of hydrogen-bond acceptors (Lipinski definition) is 5. The second-order valence-corrected chi connectivity index (χ2v) is 5.68. The maximum absolute atomic E-state index is 11.3. The number of carbonyl (C=O) groups is 1. The molecule has 0 saturated carbocycles. The first-order valence-electron chi connectivity index (χ1n) is 8.37. The molecule has 6 nitrogen and oxygen atoms in total. The predicted molar refractivity (Wildman–Crippen MR) is 99.1 cm³/mol. The van der Waals surface area contributed by atoms with Gasteiger partial charge in [0, 0.05) is 18.2 Å². The monoisotopic (exact) mass is 341 g/mol. The number of likely N-dealkylation sites (N-methyl/N-ethyl adjacent to an activating group) is 1. The van der Waals surface area contributed by atoms with Crippen LogP contribution < -0.4 is 5.32 Å². The molecule has 6 heteroatoms. The van der Waals surface area contributed by atoms with Gasteiger partial charge in [-0.3, -0.25) is 19.8 Å². The van der Waals surface area contributed by atoms with E-state index in [4.69, 9.17) is 0 Å². The SMILES string of the molecule is CCN(CC)[C@H](CNc1ccc(C=O)cc1[N+](=O)[O-])c1ccccc1. The zero-order chi connectivity index (χ0) is 18.2. The fourth-order valence-electron chi connectivity index (χ4n) is 2.93. The number of benzene rings is 2. The van der Waals surface area contributed by atoms with Crippen molar-refractivity contribution in [1.82, 2.24) is 4.90 Å². The third kappa shape index (κ3) is 4.64. The van der Waals surface area contributed by atoms with Crippen LogP contribution >= 0.6 is 0 Å². The molecule has 0 saturated heterocycles. The highest BCUT2D eigenvalue weighted by atomic mass is 16.6. The Kier molecular flexibility index (Phi) is 6.65. The van der Waals surface area contributed by atoms with Crippen LogP contribution in [0.2, 0.25) is 0 Å². The number of aldehydes is 1. The van der Waals surface area contributed by atoms with Gasteiger partial charge in [-0.05, 0) is 30.8 Å². The van der Waals surface area contributed by atoms with Crippen molar-refractivity contribution in [3.8, 4) is 0 Å². The van der Waals surface area contributed by atoms with Crippen molar-refractivity contribution in [2.45, 2.75) is 19.9 Å². The third-order valence-corrected chi connectivity index (χ3v) is 4.28. The first-order chi connectivity index (χ1) is 12.1. The van der Waals surface area contributed by atoms with Gasteiger partial charge in [-0.25, -0.2) is 0 Å². The number of nitro groups is 1. The van der Waals surface area contributed by atoms with Crippen LogP contribution in [0.5, 0.6) is 0 Å². The van der Waals surface area contributed by atoms with E-state index < -0.39 is 4.92 Å². The topological polar surface area (TPSA) is 75.5 Å². The molecule has 0 heterocycles. The van der Waals surface area contributed by atoms with E-state index in [-0.39, 0.29) is 11.7 Å². The van der Waals surface area contributed by atoms with Crippen LogP contribution in [0.15, 0.2) is 48.5 Å². The van der Waals surface area contributed by atoms with E-state index in [1.807, 2.05) is 18.2 Å². The molecule has 1 N–H and O–H groups in total. The molecule has 0 aromatic heterocycles. The Morgan fingerprint density at radius 3 is 2.40 bits per heavy atom. The van der Waals surface area contributed by atoms with Crippen LogP contribution in [0.25, 0.3) is 0 Å². The van der Waals surface area contributed by atoms with E-state index in [9.17, 15) is 14.9 Å². The molecule has 0 aliphatic carbocycles. The van der Waals surface area contributed by atoms with Crippen LogP contribution in [0.4, 0.5) is 11.4 Å². The van der Waals surface area contributed by atoms with Gasteiger partial charge in [-0.15, -0.1) is 0 Å². The van der Waals surface area contributed by atoms with Crippen LogP contribution in [0.3, 0.4) is 0 Å². The zero-order valence-corrected chi connectivity index (χ0v) is 14.5. The molecule has 2 aromatic rings. The summed E-state index contributed by atoms with van der Waals surface area (Å²) < 4.78 is 0. The average Bonchev–Trinajstić information content (AvgIpc) is 2.65. The minimum absolute atomic E-state index is 0.0871. The standard InChI is InChI=1S/C19H23N3O3/c1-3-21(4-2)19(16-8-6-5-7-9-16)13-20-17-11-10-15(14-23)12-18(17)22(24)25/h5-12,14,19-20H,3-4,13H2,1-2H3/t19-/m1/s1. The Morgan fingerprint density at radius 1 is 1.16 bits per heavy atom. The van der Waals surface area contributed by atoms with Crippen molar-refractivity contribution in [2.24, 2.45) is 0 Å². The smallest absolute Gasteiger partial charge is 0.293 e. The van der Waals surface area contributed by atoms with Gasteiger partial charge >= 0.3 is 0 Å². The van der Waals surface area contributed by atoms with E-state index in [1.165, 1.54) is 6.07 Å². The first kappa shape index (κ1) is 18.6. The lowest BCUT2D eigenvalue weighted by Gasteiger charge is -2.30. The molecule has 0 radical (unpaired) electrons. The fourth-order valence-corrected chi connectivity index (χ4v) is 2.93. The molecular formula is C19H23N3O3. The van der Waals surface area contributed by atoms with Gasteiger partial charge in [-0.1, -0.05) is 44.2 Å². The zero-order valence-electron chi connectivity index (χ0n) is 14.5. The summed E-state index contributed by atoms with van der Waals surface area (Å²) in [5.74, 6) is 0. The summed E-state index contributed by atoms with van der Waals surface area (Å²) in [6.45, 7) is 6.49. The second kappa shape index (κ2) is 8.94. The molecule has 0 spiro atoms. The average molecular weight is 341 g/mol. The molecule has 0 amide bonds. The number of nitrogens with zero attached hydrogens (tertiary/aromatic N) is 2. The highest BCUT2D eigenvalue weighted by molar-refractivity contribution is 5.79. The largest absolute Gasteiger partial charge is 0.378 e. The van der Waals surface area contributed by atoms with Crippen molar-refractivity contribution in [3.05, 3.63) is 69.8 Å². The van der Waals surface area contributed by atoms with E-state index in [0.717, 1.165) is 18.7 Å². The Morgan fingerprint density at radius 2 is 1.84 bits per heavy atom. The van der Waals surface area contributed by atoms with Crippen molar-refractivity contribution >= 4 is 17.7 Å². The van der Waals surface area contributed by atoms with Crippen LogP contribution in [0, 0.1) is 10.1 Å². The van der Waals surface area contributed by atoms with Gasteiger partial charge in [0.1, 0.15) is 12.0 Å². The van der Waals surface area contributed by atoms with E-state index in [2.05, 4.69) is 36.2 Å². The minimum Gasteiger partial charge on any atom is -0.378 e. The van der Waals surface area contributed by atoms with Crippen molar-refractivity contribution in [3.63, 3.8) is 0 Å². The predicted octanol–water partition coefficient (Wildman–Crippen LogP) is 3.90. The summed E-state index contributed by atoms with van der Waals surface area (Å²) in [5, 5.41) is 14.5. The molecule has 25 heavy (non-hydrogen) atoms. The first-order valence-corrected chi connectivity index (χ1v) is 8.37. The van der Waals surface area contributed by atoms with Gasteiger partial charge in [0.2, 0.25) is 0 Å². The Bertz CT molecular complexity index is 715. The summed E-state index contributed by atoms with van der Waals surface area (Å²) in [6.07, 6.45) is 0.611. The lowest BCUT2D eigenvalue weighted by Crippen LogP contribution is -2.33. The number of anilines is 1. The lowest BCUT2D eigenvalue weighted by molar-refractivity contribution is -0.384. The molecular weight excluding hydrogens is 318 g/mol. The molecule has 1 atom stereocenters. The van der Waals surface area contributed by atoms with E-state index in [0.29, 0.717) is 24.1 Å². The molecule has 0 fully saturated rings. The second-order valence-electron chi connectivity index (χ2n) is 5.68. The van der Waals surface area contributed by atoms with Gasteiger partial charge < -0.3 is 5.32 Å². The lowest BCUT2D eigenvalue weighted by atomic mass is 10.0. The quantitative estimate of drug-likeness (QED) is 0.425. The van der Waals surface area contributed by atoms with Crippen molar-refractivity contribution in [1.29, 1.82) is 0 Å². The van der Waals surface area contributed by atoms with Crippen LogP contribution in [-0.4, -0.2) is 35.7 Å². The molecule has 2 aromatic carbocycles. The van der Waals surface area contributed by atoms with E-state index >= 15 is 0 Å². The summed E-state index contributed by atoms with van der Waals surface area (Å²) in [5.41, 5.74) is 1.78. The molecule has 0 aliphatic heterocycles. The van der Waals surface area contributed by atoms with Gasteiger partial charge in [-0.2, -0.15) is 0 Å². The summed E-state index contributed by atoms with van der Waals surface area (Å²) in [6, 6.07) is 14.7. The number of nitro benzene ring substituents is 1. The maximum atomic E-state index is 11.3. The normalized spacial score (nSPS) is 12.0. The summed E-state index contributed by atoms with van der Waals surface area (Å²) in [7, 11) is 0. The number of hydrogen-bond donors (Lipinski definition) is 1. The van der Waals surface area contributed by atoms with Crippen molar-refractivity contribution in [2.75, 3.05) is 25.0 Å². The molecule has 0 aliphatic rings. The number of carbonyl (C=O) groups excluding carboxylic acids is 1. The summed E-state index contributed by atoms with van der Waals surface area (Å²) in [4.78, 5) is 24.0. The van der Waals surface area contributed by atoms with Gasteiger partial charge in [0.15, 0.2) is 0 Å². The fraction of sp³-hybridized carbons (Fsp3) is 0.316. The Balaban J connectivity index is 2.26. The highest BCUT2D eigenvalue weighted by Gasteiger charge is 2.20. The van der Waals surface area contributed by atoms with Crippen molar-refractivity contribution < 1.29 is 9.72 Å². The van der Waals surface area contributed by atoms with E-state index in [1.54, 1.807) is 12.1 Å². The Hall–Kier alpha value is -2.73. The molecule has 132 valence electrons. The van der Waals surface area contributed by atoms with Crippen LogP contribution in [-0.2, 0) is 0 Å². The molecule has 0 unspecified atom stereocenters. The number of nitrogens with one attached hydrogen (secondary N) is 1. The third-order valence-electron chi connectivity index (χ3n) is 4.28. The van der Waals surface area contributed by atoms with Crippen LogP contribution in [0.1, 0.15) is 35.8 Å². The summed E-state index contributed by atoms with van der Waals surface area (Å²) >= 11 is 0. The maximum Gasteiger partial charge on any atom is 0.293 e. The highest BCUT2D eigenvalue weighted by Crippen LogP contribution is 2.27.